The van der Waals surface area contributed by atoms with E-state index in [1.54, 1.807) is 0 Å². The second-order valence-electron chi connectivity index (χ2n) is 3.63. The number of carbonyl (C=O) groups is 1. The fourth-order valence-electron chi connectivity index (χ4n) is 1.62. The molecule has 0 unspecified atom stereocenters. The Morgan fingerprint density at radius 3 is 2.57 bits per heavy atom. The molecule has 80 valence electrons. The first-order valence-corrected chi connectivity index (χ1v) is 5.33. The van der Waals surface area contributed by atoms with Gasteiger partial charge in [-0.25, -0.2) is 4.79 Å². The van der Waals surface area contributed by atoms with Crippen molar-refractivity contribution < 1.29 is 9.53 Å². The van der Waals surface area contributed by atoms with E-state index in [2.05, 4.69) is 4.90 Å². The number of hydrogen-bond acceptors (Lipinski definition) is 3. The lowest BCUT2D eigenvalue weighted by Crippen LogP contribution is -2.25. The molecule has 0 N–H and O–H groups in total. The molecule has 14 heavy (non-hydrogen) atoms. The van der Waals surface area contributed by atoms with Gasteiger partial charge in [-0.05, 0) is 33.1 Å². The molecule has 1 aliphatic rings. The minimum Gasteiger partial charge on any atom is -0.463 e. The molecule has 0 radical (unpaired) electrons. The number of piperidine rings is 1. The van der Waals surface area contributed by atoms with E-state index in [4.69, 9.17) is 4.74 Å². The Kier molecular flexibility index (Phi) is 4.50. The predicted molar refractivity (Wildman–Crippen MR) is 55.8 cm³/mol. The number of ether oxygens (including phenoxy) is 1. The maximum Gasteiger partial charge on any atom is 0.335 e. The maximum absolute atomic E-state index is 11.3. The van der Waals surface area contributed by atoms with Crippen molar-refractivity contribution in [1.29, 1.82) is 0 Å². The van der Waals surface area contributed by atoms with Gasteiger partial charge in [-0.1, -0.05) is 0 Å². The molecule has 0 saturated carbocycles. The van der Waals surface area contributed by atoms with Crippen LogP contribution >= 0.6 is 0 Å². The van der Waals surface area contributed by atoms with Gasteiger partial charge in [-0.2, -0.15) is 0 Å². The van der Waals surface area contributed by atoms with E-state index in [0.29, 0.717) is 12.2 Å². The van der Waals surface area contributed by atoms with Crippen molar-refractivity contribution in [3.8, 4) is 0 Å². The van der Waals surface area contributed by atoms with Gasteiger partial charge in [0.1, 0.15) is 0 Å². The van der Waals surface area contributed by atoms with Crippen LogP contribution in [0.25, 0.3) is 0 Å². The van der Waals surface area contributed by atoms with Crippen molar-refractivity contribution >= 4 is 5.97 Å². The molecule has 0 atom stereocenters. The zero-order valence-electron chi connectivity index (χ0n) is 9.08. The number of carbonyl (C=O) groups excluding carboxylic acids is 1. The molecule has 3 nitrogen and oxygen atoms in total. The molecule has 0 amide bonds. The van der Waals surface area contributed by atoms with Gasteiger partial charge in [-0.15, -0.1) is 0 Å². The van der Waals surface area contributed by atoms with Gasteiger partial charge in [0, 0.05) is 24.9 Å². The molecule has 0 aromatic rings. The molecule has 1 aliphatic heterocycles. The van der Waals surface area contributed by atoms with Gasteiger partial charge in [0.05, 0.1) is 6.61 Å². The van der Waals surface area contributed by atoms with Gasteiger partial charge in [0.2, 0.25) is 0 Å². The third-order valence-corrected chi connectivity index (χ3v) is 2.36. The van der Waals surface area contributed by atoms with Gasteiger partial charge >= 0.3 is 5.97 Å². The van der Waals surface area contributed by atoms with E-state index in [1.807, 2.05) is 20.0 Å². The minimum absolute atomic E-state index is 0.196. The molecular weight excluding hydrogens is 178 g/mol. The third kappa shape index (κ3) is 3.40. The van der Waals surface area contributed by atoms with Crippen molar-refractivity contribution in [2.24, 2.45) is 0 Å². The summed E-state index contributed by atoms with van der Waals surface area (Å²) in [5.41, 5.74) is 0.703. The van der Waals surface area contributed by atoms with Crippen LogP contribution < -0.4 is 0 Å². The molecule has 0 aliphatic carbocycles. The smallest absolute Gasteiger partial charge is 0.335 e. The standard InChI is InChI=1S/C11H19NO2/c1-3-14-11(13)10(2)9-12-7-5-4-6-8-12/h9H,3-8H2,1-2H3/b10-9+. The average Bonchev–Trinajstić information content (AvgIpc) is 2.19. The molecule has 1 rings (SSSR count). The van der Waals surface area contributed by atoms with Crippen LogP contribution in [0.5, 0.6) is 0 Å². The van der Waals surface area contributed by atoms with Gasteiger partial charge < -0.3 is 9.64 Å². The Bertz CT molecular complexity index is 217. The highest BCUT2D eigenvalue weighted by molar-refractivity contribution is 5.87. The highest BCUT2D eigenvalue weighted by Crippen LogP contribution is 2.10. The molecule has 3 heteroatoms. The second kappa shape index (κ2) is 5.68. The van der Waals surface area contributed by atoms with E-state index < -0.39 is 0 Å². The summed E-state index contributed by atoms with van der Waals surface area (Å²) in [7, 11) is 0. The summed E-state index contributed by atoms with van der Waals surface area (Å²) in [6.07, 6.45) is 5.69. The van der Waals surface area contributed by atoms with E-state index in [9.17, 15) is 4.79 Å². The second-order valence-corrected chi connectivity index (χ2v) is 3.63. The monoisotopic (exact) mass is 197 g/mol. The number of hydrogen-bond donors (Lipinski definition) is 0. The fourth-order valence-corrected chi connectivity index (χ4v) is 1.62. The van der Waals surface area contributed by atoms with Crippen molar-refractivity contribution in [1.82, 2.24) is 4.90 Å². The summed E-state index contributed by atoms with van der Waals surface area (Å²) < 4.78 is 4.91. The largest absolute Gasteiger partial charge is 0.463 e. The molecule has 1 heterocycles. The lowest BCUT2D eigenvalue weighted by Gasteiger charge is -2.25. The van der Waals surface area contributed by atoms with E-state index >= 15 is 0 Å². The first-order valence-electron chi connectivity index (χ1n) is 5.33. The summed E-state index contributed by atoms with van der Waals surface area (Å²) in [5.74, 6) is -0.196. The number of esters is 1. The molecule has 1 fully saturated rings. The van der Waals surface area contributed by atoms with Gasteiger partial charge in [0.25, 0.3) is 0 Å². The van der Waals surface area contributed by atoms with Crippen LogP contribution in [0.3, 0.4) is 0 Å². The third-order valence-electron chi connectivity index (χ3n) is 2.36. The average molecular weight is 197 g/mol. The zero-order chi connectivity index (χ0) is 10.4. The highest BCUT2D eigenvalue weighted by atomic mass is 16.5. The summed E-state index contributed by atoms with van der Waals surface area (Å²) in [6.45, 7) is 6.22. The van der Waals surface area contributed by atoms with Crippen LogP contribution in [-0.4, -0.2) is 30.6 Å². The van der Waals surface area contributed by atoms with Crippen LogP contribution in [0.4, 0.5) is 0 Å². The lowest BCUT2D eigenvalue weighted by atomic mass is 10.1. The molecule has 0 aromatic carbocycles. The van der Waals surface area contributed by atoms with Crippen molar-refractivity contribution in [3.05, 3.63) is 11.8 Å². The molecule has 0 bridgehead atoms. The summed E-state index contributed by atoms with van der Waals surface area (Å²) in [6, 6.07) is 0. The number of likely N-dealkylation sites (tertiary alicyclic amines) is 1. The Morgan fingerprint density at radius 2 is 2.00 bits per heavy atom. The SMILES string of the molecule is CCOC(=O)/C(C)=C/N1CCCCC1. The maximum atomic E-state index is 11.3. The number of nitrogens with zero attached hydrogens (tertiary/aromatic N) is 1. The quantitative estimate of drug-likeness (QED) is 0.511. The van der Waals surface area contributed by atoms with Gasteiger partial charge in [-0.3, -0.25) is 0 Å². The van der Waals surface area contributed by atoms with Crippen molar-refractivity contribution in [2.75, 3.05) is 19.7 Å². The van der Waals surface area contributed by atoms with Crippen LogP contribution in [0.15, 0.2) is 11.8 Å². The van der Waals surface area contributed by atoms with Crippen molar-refractivity contribution in [2.45, 2.75) is 33.1 Å². The Balaban J connectivity index is 2.44. The fraction of sp³-hybridized carbons (Fsp3) is 0.727. The van der Waals surface area contributed by atoms with Crippen molar-refractivity contribution in [3.63, 3.8) is 0 Å². The van der Waals surface area contributed by atoms with Crippen LogP contribution in [0.2, 0.25) is 0 Å². The van der Waals surface area contributed by atoms with Gasteiger partial charge in [0.15, 0.2) is 0 Å². The highest BCUT2D eigenvalue weighted by Gasteiger charge is 2.10. The zero-order valence-corrected chi connectivity index (χ0v) is 9.08. The first kappa shape index (κ1) is 11.1. The summed E-state index contributed by atoms with van der Waals surface area (Å²) >= 11 is 0. The Labute approximate surface area is 85.7 Å². The lowest BCUT2D eigenvalue weighted by molar-refractivity contribution is -0.138. The summed E-state index contributed by atoms with van der Waals surface area (Å²) in [5, 5.41) is 0. The molecule has 0 spiro atoms. The molecule has 1 saturated heterocycles. The van der Waals surface area contributed by atoms with E-state index in [0.717, 1.165) is 13.1 Å². The molecule has 0 aromatic heterocycles. The van der Waals surface area contributed by atoms with Crippen LogP contribution in [0, 0.1) is 0 Å². The topological polar surface area (TPSA) is 29.5 Å². The number of rotatable bonds is 3. The predicted octanol–water partition coefficient (Wildman–Crippen LogP) is 1.94. The normalized spacial score (nSPS) is 18.1. The van der Waals surface area contributed by atoms with E-state index in [1.165, 1.54) is 19.3 Å². The molecular formula is C11H19NO2. The van der Waals surface area contributed by atoms with Crippen LogP contribution in [-0.2, 0) is 9.53 Å². The summed E-state index contributed by atoms with van der Waals surface area (Å²) in [4.78, 5) is 13.5. The Morgan fingerprint density at radius 1 is 1.36 bits per heavy atom. The van der Waals surface area contributed by atoms with E-state index in [-0.39, 0.29) is 5.97 Å². The first-order chi connectivity index (χ1) is 6.74. The van der Waals surface area contributed by atoms with Crippen LogP contribution in [0.1, 0.15) is 33.1 Å². The Hall–Kier alpha value is -0.990. The minimum atomic E-state index is -0.196.